The van der Waals surface area contributed by atoms with Crippen LogP contribution in [0.15, 0.2) is 65.1 Å². The molecule has 10 nitrogen and oxygen atoms in total. The first-order valence-corrected chi connectivity index (χ1v) is 14.3. The summed E-state index contributed by atoms with van der Waals surface area (Å²) < 4.78 is 31.1. The van der Waals surface area contributed by atoms with Crippen molar-refractivity contribution < 1.29 is 32.3 Å². The Morgan fingerprint density at radius 1 is 1.02 bits per heavy atom. The maximum atomic E-state index is 13.1. The number of fused-ring (bicyclic) bond motifs is 1. The number of nitrogens with zero attached hydrogens (tertiary/aromatic N) is 1. The zero-order chi connectivity index (χ0) is 29.4. The molecule has 1 amide bonds. The van der Waals surface area contributed by atoms with Crippen LogP contribution < -0.4 is 11.5 Å². The highest BCUT2D eigenvalue weighted by molar-refractivity contribution is 8.93. The predicted octanol–water partition coefficient (Wildman–Crippen LogP) is 4.89. The summed E-state index contributed by atoms with van der Waals surface area (Å²) in [5.41, 5.74) is 14.3. The first-order valence-electron chi connectivity index (χ1n) is 11.7. The Morgan fingerprint density at radius 2 is 1.71 bits per heavy atom. The van der Waals surface area contributed by atoms with Crippen LogP contribution in [0.3, 0.4) is 0 Å². The summed E-state index contributed by atoms with van der Waals surface area (Å²) in [6, 6.07) is 14.8. The number of aliphatic carboxylic acids is 1. The minimum atomic E-state index is -4.05. The van der Waals surface area contributed by atoms with Crippen LogP contribution in [0.5, 0.6) is 0 Å². The largest absolute Gasteiger partial charge is 0.481 e. The third kappa shape index (κ3) is 7.08. The lowest BCUT2D eigenvalue weighted by atomic mass is 10.0. The summed E-state index contributed by atoms with van der Waals surface area (Å²) in [4.78, 5) is 36.7. The van der Waals surface area contributed by atoms with Crippen LogP contribution in [-0.4, -0.2) is 47.8 Å². The van der Waals surface area contributed by atoms with E-state index >= 15 is 0 Å². The van der Waals surface area contributed by atoms with Crippen molar-refractivity contribution in [3.05, 3.63) is 87.6 Å². The number of anilines is 1. The van der Waals surface area contributed by atoms with E-state index < -0.39 is 40.1 Å². The maximum Gasteiger partial charge on any atom is 0.305 e. The van der Waals surface area contributed by atoms with E-state index in [-0.39, 0.29) is 45.6 Å². The summed E-state index contributed by atoms with van der Waals surface area (Å²) in [6.45, 7) is -0.352. The molecule has 0 aliphatic rings. The van der Waals surface area contributed by atoms with E-state index in [1.54, 1.807) is 42.5 Å². The number of halogens is 3. The van der Waals surface area contributed by atoms with Crippen LogP contribution in [-0.2, 0) is 26.2 Å². The summed E-state index contributed by atoms with van der Waals surface area (Å²) in [7, 11) is -4.05. The molecule has 14 heteroatoms. The Bertz CT molecular complexity index is 1780. The monoisotopic (exact) mass is 683 g/mol. The van der Waals surface area contributed by atoms with Gasteiger partial charge < -0.3 is 21.0 Å². The molecule has 0 bridgehead atoms. The molecule has 1 atom stereocenters. The average molecular weight is 685 g/mol. The highest BCUT2D eigenvalue weighted by atomic mass is 79.9. The van der Waals surface area contributed by atoms with Crippen molar-refractivity contribution in [2.24, 2.45) is 5.73 Å². The van der Waals surface area contributed by atoms with E-state index in [0.717, 1.165) is 6.26 Å². The molecule has 3 aromatic carbocycles. The van der Waals surface area contributed by atoms with Gasteiger partial charge in [0.2, 0.25) is 15.8 Å². The summed E-state index contributed by atoms with van der Waals surface area (Å²) in [5, 5.41) is 9.96. The Balaban J connectivity index is 0.00000462. The van der Waals surface area contributed by atoms with Crippen molar-refractivity contribution in [1.82, 2.24) is 4.31 Å². The fourth-order valence-corrected chi connectivity index (χ4v) is 5.43. The number of amides is 1. The van der Waals surface area contributed by atoms with Crippen LogP contribution in [0, 0.1) is 0 Å². The molecular formula is C27H24BrCl2N3O7S. The van der Waals surface area contributed by atoms with Crippen molar-refractivity contribution in [2.75, 3.05) is 12.0 Å². The van der Waals surface area contributed by atoms with Crippen molar-refractivity contribution in [3.63, 3.8) is 0 Å². The average Bonchev–Trinajstić information content (AvgIpc) is 3.21. The number of ketones is 1. The lowest BCUT2D eigenvalue weighted by Crippen LogP contribution is -2.46. The Kier molecular flexibility index (Phi) is 9.88. The van der Waals surface area contributed by atoms with Crippen molar-refractivity contribution in [2.45, 2.75) is 19.0 Å². The lowest BCUT2D eigenvalue weighted by molar-refractivity contribution is -0.140. The van der Waals surface area contributed by atoms with Gasteiger partial charge in [-0.1, -0.05) is 47.5 Å². The van der Waals surface area contributed by atoms with Crippen LogP contribution in [0.25, 0.3) is 22.1 Å². The van der Waals surface area contributed by atoms with E-state index in [1.165, 1.54) is 18.2 Å². The molecule has 0 radical (unpaired) electrons. The van der Waals surface area contributed by atoms with E-state index in [4.69, 9.17) is 44.2 Å². The van der Waals surface area contributed by atoms with Gasteiger partial charge in [0.1, 0.15) is 5.58 Å². The third-order valence-corrected chi connectivity index (χ3v) is 7.71. The fourth-order valence-electron chi connectivity index (χ4n) is 4.09. The second kappa shape index (κ2) is 12.6. The van der Waals surface area contributed by atoms with E-state index in [1.807, 2.05) is 0 Å². The molecule has 0 saturated heterocycles. The second-order valence-corrected chi connectivity index (χ2v) is 11.8. The van der Waals surface area contributed by atoms with Crippen molar-refractivity contribution in [1.29, 1.82) is 0 Å². The molecule has 4 aromatic rings. The molecular weight excluding hydrogens is 661 g/mol. The van der Waals surface area contributed by atoms with Gasteiger partial charge in [0, 0.05) is 16.0 Å². The molecule has 1 heterocycles. The third-order valence-electron chi connectivity index (χ3n) is 6.05. The van der Waals surface area contributed by atoms with Crippen molar-refractivity contribution >= 4 is 84.5 Å². The zero-order valence-corrected chi connectivity index (χ0v) is 25.4. The number of carboxylic acid groups (broad SMARTS) is 1. The predicted molar refractivity (Wildman–Crippen MR) is 162 cm³/mol. The number of sulfonamides is 1. The van der Waals surface area contributed by atoms with Crippen LogP contribution >= 0.6 is 40.2 Å². The van der Waals surface area contributed by atoms with Gasteiger partial charge in [-0.25, -0.2) is 12.7 Å². The first kappa shape index (κ1) is 32.1. The molecule has 41 heavy (non-hydrogen) atoms. The number of rotatable bonds is 9. The Morgan fingerprint density at radius 3 is 2.34 bits per heavy atom. The standard InChI is InChI=1S/C27H23Cl2N3O7S.BrH/c1-40(37,38)32(27(36)21(30)12-23(33)34)13-14-3-2-4-15(9-14)16-5-7-19-22(10-16)39-26(24(19)31)25(35)18-8-6-17(28)11-20(18)29;/h2-11,21H,12-13,30-31H2,1H3,(H,33,34);1H/t21-;/m0./s1. The fraction of sp³-hybridized carbons (Fsp3) is 0.148. The number of nitrogens with two attached hydrogens (primary N) is 2. The summed E-state index contributed by atoms with van der Waals surface area (Å²) in [6.07, 6.45) is 0.124. The van der Waals surface area contributed by atoms with Gasteiger partial charge >= 0.3 is 5.97 Å². The normalized spacial score (nSPS) is 12.0. The van der Waals surface area contributed by atoms with Crippen LogP contribution in [0.1, 0.15) is 28.1 Å². The number of hydrogen-bond acceptors (Lipinski definition) is 8. The molecule has 0 aliphatic heterocycles. The summed E-state index contributed by atoms with van der Waals surface area (Å²) in [5.74, 6) is -2.94. The lowest BCUT2D eigenvalue weighted by Gasteiger charge is -2.23. The second-order valence-electron chi connectivity index (χ2n) is 9.02. The van der Waals surface area contributed by atoms with Gasteiger partial charge in [-0.15, -0.1) is 17.0 Å². The maximum absolute atomic E-state index is 13.1. The number of benzene rings is 3. The number of hydrogen-bond donors (Lipinski definition) is 3. The number of carbonyl (C=O) groups excluding carboxylic acids is 2. The van der Waals surface area contributed by atoms with Gasteiger partial charge in [0.05, 0.1) is 36.0 Å². The topological polar surface area (TPSA) is 174 Å². The molecule has 0 aliphatic carbocycles. The molecule has 0 unspecified atom stereocenters. The molecule has 4 rings (SSSR count). The Labute approximate surface area is 255 Å². The number of furan rings is 1. The minimum Gasteiger partial charge on any atom is -0.481 e. The SMILES string of the molecule is Br.CS(=O)(=O)N(Cc1cccc(-c2ccc3c(N)c(C(=O)c4ccc(Cl)cc4Cl)oc3c2)c1)C(=O)[C@@H](N)CC(=O)O. The zero-order valence-electron chi connectivity index (χ0n) is 21.3. The van der Waals surface area contributed by atoms with E-state index in [9.17, 15) is 22.8 Å². The number of carboxylic acids is 1. The van der Waals surface area contributed by atoms with Gasteiger partial charge in [-0.05, 0) is 53.1 Å². The smallest absolute Gasteiger partial charge is 0.305 e. The molecule has 1 aromatic heterocycles. The highest BCUT2D eigenvalue weighted by Gasteiger charge is 2.30. The van der Waals surface area contributed by atoms with Gasteiger partial charge in [-0.3, -0.25) is 14.4 Å². The summed E-state index contributed by atoms with van der Waals surface area (Å²) >= 11 is 12.1. The van der Waals surface area contributed by atoms with E-state index in [0.29, 0.717) is 37.0 Å². The Hall–Kier alpha value is -3.42. The molecule has 0 fully saturated rings. The molecule has 216 valence electrons. The van der Waals surface area contributed by atoms with Crippen molar-refractivity contribution in [3.8, 4) is 11.1 Å². The first-order chi connectivity index (χ1) is 18.8. The van der Waals surface area contributed by atoms with Gasteiger partial charge in [0.15, 0.2) is 5.76 Å². The molecule has 5 N–H and O–H groups in total. The number of carbonyl (C=O) groups is 3. The highest BCUT2D eigenvalue weighted by Crippen LogP contribution is 2.35. The van der Waals surface area contributed by atoms with Crippen LogP contribution in [0.4, 0.5) is 5.69 Å². The van der Waals surface area contributed by atoms with Crippen LogP contribution in [0.2, 0.25) is 10.0 Å². The molecule has 0 spiro atoms. The molecule has 0 saturated carbocycles. The minimum absolute atomic E-state index is 0. The quantitative estimate of drug-likeness (QED) is 0.207. The van der Waals surface area contributed by atoms with Gasteiger partial charge in [-0.2, -0.15) is 0 Å². The van der Waals surface area contributed by atoms with Gasteiger partial charge in [0.25, 0.3) is 5.91 Å². The number of nitrogen functional groups attached to an aromatic ring is 1. The van der Waals surface area contributed by atoms with E-state index in [2.05, 4.69) is 0 Å².